The lowest BCUT2D eigenvalue weighted by molar-refractivity contribution is 0.0276. The summed E-state index contributed by atoms with van der Waals surface area (Å²) in [5.41, 5.74) is 1.24. The van der Waals surface area contributed by atoms with Crippen LogP contribution in [0.4, 0.5) is 8.78 Å². The molecule has 2 N–H and O–H groups in total. The normalized spacial score (nSPS) is 12.0. The van der Waals surface area contributed by atoms with Crippen LogP contribution in [0.25, 0.3) is 0 Å². The first-order valence-electron chi connectivity index (χ1n) is 7.54. The number of benzene rings is 2. The van der Waals surface area contributed by atoms with Crippen LogP contribution in [0.2, 0.25) is 0 Å². The number of rotatable bonds is 7. The molecule has 1 atom stereocenters. The number of carbonyl (C=O) groups is 1. The highest BCUT2D eigenvalue weighted by Crippen LogP contribution is 2.18. The fourth-order valence-electron chi connectivity index (χ4n) is 2.24. The molecule has 1 amide bonds. The quantitative estimate of drug-likeness (QED) is 0.818. The second-order valence-electron chi connectivity index (χ2n) is 5.30. The third kappa shape index (κ3) is 4.59. The van der Waals surface area contributed by atoms with E-state index in [-0.39, 0.29) is 19.8 Å². The molecule has 0 aromatic heterocycles. The van der Waals surface area contributed by atoms with Crippen LogP contribution in [-0.2, 0) is 4.74 Å². The summed E-state index contributed by atoms with van der Waals surface area (Å²) in [4.78, 5) is 12.1. The summed E-state index contributed by atoms with van der Waals surface area (Å²) in [6.45, 7) is 1.88. The molecule has 0 heterocycles. The minimum absolute atomic E-state index is 0.0235. The molecule has 0 aliphatic rings. The Balaban J connectivity index is 2.09. The smallest absolute Gasteiger partial charge is 0.257 e. The Kier molecular flexibility index (Phi) is 6.40. The van der Waals surface area contributed by atoms with Crippen LogP contribution in [0, 0.1) is 18.6 Å². The van der Waals surface area contributed by atoms with E-state index >= 15 is 0 Å². The number of nitrogens with one attached hydrogen (secondary N) is 1. The second-order valence-corrected chi connectivity index (χ2v) is 5.30. The third-order valence-corrected chi connectivity index (χ3v) is 3.50. The predicted molar refractivity (Wildman–Crippen MR) is 85.6 cm³/mol. The van der Waals surface area contributed by atoms with Gasteiger partial charge in [0.1, 0.15) is 17.2 Å². The van der Waals surface area contributed by atoms with E-state index in [1.807, 2.05) is 31.2 Å². The Morgan fingerprint density at radius 2 is 1.79 bits per heavy atom. The lowest BCUT2D eigenvalue weighted by Crippen LogP contribution is -2.31. The Morgan fingerprint density at radius 3 is 2.38 bits per heavy atom. The Morgan fingerprint density at radius 1 is 1.17 bits per heavy atom. The molecule has 2 aromatic rings. The van der Waals surface area contributed by atoms with E-state index in [4.69, 9.17) is 9.84 Å². The maximum atomic E-state index is 13.6. The number of ether oxygens (including phenoxy) is 1. The van der Waals surface area contributed by atoms with E-state index < -0.39 is 29.2 Å². The van der Waals surface area contributed by atoms with Crippen molar-refractivity contribution in [1.82, 2.24) is 5.32 Å². The van der Waals surface area contributed by atoms with E-state index in [1.54, 1.807) is 0 Å². The highest BCUT2D eigenvalue weighted by atomic mass is 19.1. The van der Waals surface area contributed by atoms with Gasteiger partial charge in [-0.25, -0.2) is 8.78 Å². The van der Waals surface area contributed by atoms with E-state index in [1.165, 1.54) is 6.07 Å². The molecule has 0 aliphatic heterocycles. The van der Waals surface area contributed by atoms with Crippen molar-refractivity contribution in [2.24, 2.45) is 0 Å². The van der Waals surface area contributed by atoms with Crippen molar-refractivity contribution in [3.8, 4) is 0 Å². The number of hydrogen-bond acceptors (Lipinski definition) is 3. The number of hydrogen-bond donors (Lipinski definition) is 2. The zero-order chi connectivity index (χ0) is 17.5. The van der Waals surface area contributed by atoms with Gasteiger partial charge in [0.25, 0.3) is 5.91 Å². The molecule has 0 unspecified atom stereocenters. The van der Waals surface area contributed by atoms with Crippen LogP contribution in [-0.4, -0.2) is 30.8 Å². The van der Waals surface area contributed by atoms with Crippen molar-refractivity contribution in [1.29, 1.82) is 0 Å². The van der Waals surface area contributed by atoms with Crippen molar-refractivity contribution in [3.63, 3.8) is 0 Å². The van der Waals surface area contributed by atoms with E-state index in [0.717, 1.165) is 23.3 Å². The molecule has 0 radical (unpaired) electrons. The van der Waals surface area contributed by atoms with Gasteiger partial charge in [-0.1, -0.05) is 35.9 Å². The van der Waals surface area contributed by atoms with Gasteiger partial charge < -0.3 is 15.2 Å². The van der Waals surface area contributed by atoms with Gasteiger partial charge >= 0.3 is 0 Å². The highest BCUT2D eigenvalue weighted by Gasteiger charge is 2.19. The van der Waals surface area contributed by atoms with Gasteiger partial charge in [-0.3, -0.25) is 4.79 Å². The average molecular weight is 335 g/mol. The van der Waals surface area contributed by atoms with Crippen LogP contribution < -0.4 is 5.32 Å². The molecule has 0 aliphatic carbocycles. The fourth-order valence-corrected chi connectivity index (χ4v) is 2.24. The summed E-state index contributed by atoms with van der Waals surface area (Å²) in [6.07, 6.45) is -0.531. The van der Waals surface area contributed by atoms with Crippen molar-refractivity contribution in [2.75, 3.05) is 19.8 Å². The minimum Gasteiger partial charge on any atom is -0.394 e. The monoisotopic (exact) mass is 335 g/mol. The zero-order valence-electron chi connectivity index (χ0n) is 13.3. The van der Waals surface area contributed by atoms with Gasteiger partial charge in [0.15, 0.2) is 0 Å². The van der Waals surface area contributed by atoms with Gasteiger partial charge in [-0.05, 0) is 24.6 Å². The number of aliphatic hydroxyl groups excluding tert-OH is 1. The number of carbonyl (C=O) groups excluding carboxylic acids is 1. The number of aryl methyl sites for hydroxylation is 1. The molecule has 0 saturated carbocycles. The van der Waals surface area contributed by atoms with Gasteiger partial charge in [-0.2, -0.15) is 0 Å². The molecule has 4 nitrogen and oxygen atoms in total. The van der Waals surface area contributed by atoms with Gasteiger partial charge in [-0.15, -0.1) is 0 Å². The SMILES string of the molecule is Cc1ccc([C@@H](CNC(=O)c2c(F)cccc2F)OCCO)cc1. The number of halogens is 2. The Labute approximate surface area is 139 Å². The Bertz CT molecular complexity index is 669. The maximum absolute atomic E-state index is 13.6. The summed E-state index contributed by atoms with van der Waals surface area (Å²) in [7, 11) is 0. The first-order chi connectivity index (χ1) is 11.5. The topological polar surface area (TPSA) is 58.6 Å². The van der Waals surface area contributed by atoms with Crippen molar-refractivity contribution in [3.05, 3.63) is 70.8 Å². The van der Waals surface area contributed by atoms with Crippen molar-refractivity contribution >= 4 is 5.91 Å². The molecule has 0 bridgehead atoms. The van der Waals surface area contributed by atoms with Crippen LogP contribution >= 0.6 is 0 Å². The predicted octanol–water partition coefficient (Wildman–Crippen LogP) is 2.75. The van der Waals surface area contributed by atoms with E-state index in [0.29, 0.717) is 0 Å². The van der Waals surface area contributed by atoms with Crippen LogP contribution in [0.3, 0.4) is 0 Å². The molecule has 0 fully saturated rings. The summed E-state index contributed by atoms with van der Waals surface area (Å²) >= 11 is 0. The molecule has 0 saturated heterocycles. The molecule has 2 rings (SSSR count). The minimum atomic E-state index is -0.921. The van der Waals surface area contributed by atoms with Crippen LogP contribution in [0.15, 0.2) is 42.5 Å². The van der Waals surface area contributed by atoms with E-state index in [9.17, 15) is 13.6 Å². The zero-order valence-corrected chi connectivity index (χ0v) is 13.3. The fraction of sp³-hybridized carbons (Fsp3) is 0.278. The lowest BCUT2D eigenvalue weighted by Gasteiger charge is -2.19. The molecular weight excluding hydrogens is 316 g/mol. The largest absolute Gasteiger partial charge is 0.394 e. The highest BCUT2D eigenvalue weighted by molar-refractivity contribution is 5.94. The van der Waals surface area contributed by atoms with Crippen LogP contribution in [0.1, 0.15) is 27.6 Å². The standard InChI is InChI=1S/C18H19F2NO3/c1-12-5-7-13(8-6-12)16(24-10-9-22)11-21-18(23)17-14(19)3-2-4-15(17)20/h2-8,16,22H,9-11H2,1H3,(H,21,23)/t16-/m1/s1. The van der Waals surface area contributed by atoms with Crippen LogP contribution in [0.5, 0.6) is 0 Å². The van der Waals surface area contributed by atoms with Gasteiger partial charge in [0.2, 0.25) is 0 Å². The van der Waals surface area contributed by atoms with Crippen molar-refractivity contribution in [2.45, 2.75) is 13.0 Å². The number of aliphatic hydroxyl groups is 1. The van der Waals surface area contributed by atoms with E-state index in [2.05, 4.69) is 5.32 Å². The molecule has 24 heavy (non-hydrogen) atoms. The second kappa shape index (κ2) is 8.52. The molecule has 2 aromatic carbocycles. The van der Waals surface area contributed by atoms with Gasteiger partial charge in [0.05, 0.1) is 19.3 Å². The summed E-state index contributed by atoms with van der Waals surface area (Å²) in [6, 6.07) is 10.7. The van der Waals surface area contributed by atoms with Crippen molar-refractivity contribution < 1.29 is 23.4 Å². The Hall–Kier alpha value is -2.31. The number of amides is 1. The summed E-state index contributed by atoms with van der Waals surface area (Å²) in [5.74, 6) is -2.69. The molecular formula is C18H19F2NO3. The molecule has 6 heteroatoms. The van der Waals surface area contributed by atoms with Gasteiger partial charge in [0, 0.05) is 6.54 Å². The third-order valence-electron chi connectivity index (χ3n) is 3.50. The lowest BCUT2D eigenvalue weighted by atomic mass is 10.1. The maximum Gasteiger partial charge on any atom is 0.257 e. The summed E-state index contributed by atoms with van der Waals surface area (Å²) < 4.78 is 32.8. The summed E-state index contributed by atoms with van der Waals surface area (Å²) in [5, 5.41) is 11.4. The molecule has 128 valence electrons. The average Bonchev–Trinajstić information content (AvgIpc) is 2.56. The first-order valence-corrected chi connectivity index (χ1v) is 7.54. The first kappa shape index (κ1) is 18.0. The molecule has 0 spiro atoms.